The first-order valence-electron chi connectivity index (χ1n) is 6.35. The van der Waals surface area contributed by atoms with Crippen molar-refractivity contribution in [2.24, 2.45) is 0 Å². The Morgan fingerprint density at radius 1 is 1.39 bits per heavy atom. The second-order valence-electron chi connectivity index (χ2n) is 4.48. The van der Waals surface area contributed by atoms with Crippen molar-refractivity contribution in [3.05, 3.63) is 23.0 Å². The maximum atomic E-state index is 9.88. The molecule has 0 aliphatic heterocycles. The van der Waals surface area contributed by atoms with Crippen LogP contribution in [0, 0.1) is 13.8 Å². The van der Waals surface area contributed by atoms with Gasteiger partial charge < -0.3 is 14.6 Å². The average Bonchev–Trinajstić information content (AvgIpc) is 2.34. The highest BCUT2D eigenvalue weighted by molar-refractivity contribution is 5.41. The lowest BCUT2D eigenvalue weighted by Crippen LogP contribution is -2.20. The standard InChI is InChI=1S/C14H23NO3/c1-5-6-18-9-12(16)7-13-11(3)14(17-4)10(2)8-15-13/h8,12,16H,5-7,9H2,1-4H3. The van der Waals surface area contributed by atoms with E-state index in [1.165, 1.54) is 0 Å². The number of hydrogen-bond donors (Lipinski definition) is 1. The van der Waals surface area contributed by atoms with Crippen LogP contribution in [0.15, 0.2) is 6.20 Å². The normalized spacial score (nSPS) is 12.5. The van der Waals surface area contributed by atoms with Crippen molar-refractivity contribution in [2.75, 3.05) is 20.3 Å². The molecule has 1 atom stereocenters. The van der Waals surface area contributed by atoms with E-state index in [2.05, 4.69) is 4.98 Å². The molecule has 0 radical (unpaired) electrons. The molecule has 1 aromatic rings. The highest BCUT2D eigenvalue weighted by atomic mass is 16.5. The van der Waals surface area contributed by atoms with Gasteiger partial charge in [0.05, 0.1) is 19.8 Å². The number of pyridine rings is 1. The molecule has 18 heavy (non-hydrogen) atoms. The van der Waals surface area contributed by atoms with Crippen molar-refractivity contribution in [3.8, 4) is 5.75 Å². The summed E-state index contributed by atoms with van der Waals surface area (Å²) in [6, 6.07) is 0. The van der Waals surface area contributed by atoms with E-state index in [0.29, 0.717) is 19.6 Å². The topological polar surface area (TPSA) is 51.6 Å². The van der Waals surface area contributed by atoms with Crippen molar-refractivity contribution >= 4 is 0 Å². The largest absolute Gasteiger partial charge is 0.496 e. The van der Waals surface area contributed by atoms with Gasteiger partial charge in [-0.25, -0.2) is 0 Å². The summed E-state index contributed by atoms with van der Waals surface area (Å²) in [5.41, 5.74) is 2.87. The summed E-state index contributed by atoms with van der Waals surface area (Å²) in [5.74, 6) is 0.849. The molecule has 0 saturated carbocycles. The van der Waals surface area contributed by atoms with Crippen LogP contribution in [0.3, 0.4) is 0 Å². The van der Waals surface area contributed by atoms with Gasteiger partial charge in [-0.15, -0.1) is 0 Å². The highest BCUT2D eigenvalue weighted by Gasteiger charge is 2.13. The van der Waals surface area contributed by atoms with E-state index < -0.39 is 6.10 Å². The fourth-order valence-electron chi connectivity index (χ4n) is 1.92. The number of hydrogen-bond acceptors (Lipinski definition) is 4. The minimum absolute atomic E-state index is 0.352. The lowest BCUT2D eigenvalue weighted by molar-refractivity contribution is 0.0368. The van der Waals surface area contributed by atoms with Gasteiger partial charge in [-0.05, 0) is 20.3 Å². The van der Waals surface area contributed by atoms with Crippen LogP contribution in [-0.2, 0) is 11.2 Å². The Hall–Kier alpha value is -1.13. The molecule has 4 heteroatoms. The molecule has 0 spiro atoms. The molecule has 4 nitrogen and oxygen atoms in total. The molecule has 0 amide bonds. The summed E-state index contributed by atoms with van der Waals surface area (Å²) in [4.78, 5) is 4.36. The average molecular weight is 253 g/mol. The molecule has 0 fully saturated rings. The monoisotopic (exact) mass is 253 g/mol. The van der Waals surface area contributed by atoms with Crippen molar-refractivity contribution < 1.29 is 14.6 Å². The van der Waals surface area contributed by atoms with Crippen LogP contribution in [0.5, 0.6) is 5.75 Å². The van der Waals surface area contributed by atoms with Crippen LogP contribution in [0.1, 0.15) is 30.2 Å². The summed E-state index contributed by atoms with van der Waals surface area (Å²) in [6.45, 7) is 7.01. The fourth-order valence-corrected chi connectivity index (χ4v) is 1.92. The van der Waals surface area contributed by atoms with Crippen LogP contribution in [0.25, 0.3) is 0 Å². The van der Waals surface area contributed by atoms with E-state index >= 15 is 0 Å². The molecular formula is C14H23NO3. The number of methoxy groups -OCH3 is 1. The number of rotatable bonds is 7. The molecule has 1 unspecified atom stereocenters. The van der Waals surface area contributed by atoms with E-state index in [9.17, 15) is 5.11 Å². The maximum absolute atomic E-state index is 9.88. The lowest BCUT2D eigenvalue weighted by Gasteiger charge is -2.15. The van der Waals surface area contributed by atoms with Gasteiger partial charge in [0.15, 0.2) is 0 Å². The van der Waals surface area contributed by atoms with Crippen LogP contribution in [0.4, 0.5) is 0 Å². The Kier molecular flexibility index (Phi) is 6.09. The zero-order valence-corrected chi connectivity index (χ0v) is 11.7. The van der Waals surface area contributed by atoms with Gasteiger partial charge in [0, 0.05) is 36.0 Å². The summed E-state index contributed by atoms with van der Waals surface area (Å²) in [6.07, 6.45) is 2.71. The predicted molar refractivity (Wildman–Crippen MR) is 71.1 cm³/mol. The molecule has 0 bridgehead atoms. The third-order valence-corrected chi connectivity index (χ3v) is 2.84. The van der Waals surface area contributed by atoms with Gasteiger partial charge in [0.25, 0.3) is 0 Å². The van der Waals surface area contributed by atoms with E-state index in [1.807, 2.05) is 20.8 Å². The summed E-state index contributed by atoms with van der Waals surface area (Å²) >= 11 is 0. The minimum Gasteiger partial charge on any atom is -0.496 e. The van der Waals surface area contributed by atoms with Crippen LogP contribution >= 0.6 is 0 Å². The van der Waals surface area contributed by atoms with E-state index in [1.54, 1.807) is 13.3 Å². The summed E-state index contributed by atoms with van der Waals surface area (Å²) in [5, 5.41) is 9.88. The number of nitrogens with zero attached hydrogens (tertiary/aromatic N) is 1. The molecular weight excluding hydrogens is 230 g/mol. The highest BCUT2D eigenvalue weighted by Crippen LogP contribution is 2.24. The Bertz CT molecular complexity index is 380. The maximum Gasteiger partial charge on any atom is 0.128 e. The second kappa shape index (κ2) is 7.34. The molecule has 102 valence electrons. The van der Waals surface area contributed by atoms with Gasteiger partial charge >= 0.3 is 0 Å². The zero-order chi connectivity index (χ0) is 13.5. The molecule has 0 saturated heterocycles. The number of aliphatic hydroxyl groups is 1. The van der Waals surface area contributed by atoms with Crippen LogP contribution in [-0.4, -0.2) is 36.5 Å². The molecule has 1 rings (SSSR count). The van der Waals surface area contributed by atoms with Gasteiger partial charge in [0.1, 0.15) is 5.75 Å². The summed E-state index contributed by atoms with van der Waals surface area (Å²) < 4.78 is 10.7. The zero-order valence-electron chi connectivity index (χ0n) is 11.7. The predicted octanol–water partition coefficient (Wildman–Crippen LogP) is 2.04. The van der Waals surface area contributed by atoms with Crippen LogP contribution in [0.2, 0.25) is 0 Å². The van der Waals surface area contributed by atoms with Crippen molar-refractivity contribution in [1.29, 1.82) is 0 Å². The third-order valence-electron chi connectivity index (χ3n) is 2.84. The number of aryl methyl sites for hydroxylation is 1. The van der Waals surface area contributed by atoms with E-state index in [0.717, 1.165) is 29.0 Å². The SMILES string of the molecule is CCCOCC(O)Cc1ncc(C)c(OC)c1C. The molecule has 0 aliphatic carbocycles. The third kappa shape index (κ3) is 3.96. The first-order valence-corrected chi connectivity index (χ1v) is 6.35. The molecule has 0 aliphatic rings. The molecule has 1 N–H and O–H groups in total. The van der Waals surface area contributed by atoms with Crippen LogP contribution < -0.4 is 4.74 Å². The van der Waals surface area contributed by atoms with E-state index in [-0.39, 0.29) is 0 Å². The van der Waals surface area contributed by atoms with Crippen molar-refractivity contribution in [3.63, 3.8) is 0 Å². The van der Waals surface area contributed by atoms with Gasteiger partial charge in [-0.3, -0.25) is 4.98 Å². The Morgan fingerprint density at radius 2 is 2.11 bits per heavy atom. The number of aliphatic hydroxyl groups excluding tert-OH is 1. The van der Waals surface area contributed by atoms with Gasteiger partial charge in [-0.2, -0.15) is 0 Å². The Morgan fingerprint density at radius 3 is 2.72 bits per heavy atom. The smallest absolute Gasteiger partial charge is 0.128 e. The van der Waals surface area contributed by atoms with Gasteiger partial charge in [-0.1, -0.05) is 6.92 Å². The van der Waals surface area contributed by atoms with Crippen molar-refractivity contribution in [2.45, 2.75) is 39.7 Å². The Balaban J connectivity index is 2.67. The second-order valence-corrected chi connectivity index (χ2v) is 4.48. The van der Waals surface area contributed by atoms with E-state index in [4.69, 9.17) is 9.47 Å². The number of aromatic nitrogens is 1. The molecule has 0 aromatic carbocycles. The van der Waals surface area contributed by atoms with Crippen molar-refractivity contribution in [1.82, 2.24) is 4.98 Å². The summed E-state index contributed by atoms with van der Waals surface area (Å²) in [7, 11) is 1.65. The lowest BCUT2D eigenvalue weighted by atomic mass is 10.1. The molecule has 1 heterocycles. The minimum atomic E-state index is -0.518. The first kappa shape index (κ1) is 14.9. The number of ether oxygens (including phenoxy) is 2. The Labute approximate surface area is 109 Å². The molecule has 1 aromatic heterocycles. The quantitative estimate of drug-likeness (QED) is 0.755. The fraction of sp³-hybridized carbons (Fsp3) is 0.643. The van der Waals surface area contributed by atoms with Gasteiger partial charge in [0.2, 0.25) is 0 Å². The first-order chi connectivity index (χ1) is 8.60.